The number of benzene rings is 1. The molecule has 1 unspecified atom stereocenters. The van der Waals surface area contributed by atoms with Crippen LogP contribution in [0, 0.1) is 10.1 Å². The lowest BCUT2D eigenvalue weighted by Gasteiger charge is -2.24. The molecular weight excluding hydrogens is 412 g/mol. The van der Waals surface area contributed by atoms with Gasteiger partial charge in [0, 0.05) is 12.6 Å². The standard InChI is InChI=1S/C18H18N6O7/c19-14(25)7-20-17(26)11-2-1-5-23(11)16-15(24(27)28)18(22-8-21-16)31-10-3-4-12-13(6-10)30-9-29-12/h3-4,6,8,11H,1-2,5,7,9H2,(H2,19,25)(H,20,26). The van der Waals surface area contributed by atoms with Crippen molar-refractivity contribution in [2.75, 3.05) is 24.8 Å². The molecule has 0 bridgehead atoms. The van der Waals surface area contributed by atoms with E-state index in [1.54, 1.807) is 12.1 Å². The van der Waals surface area contributed by atoms with Crippen molar-refractivity contribution in [1.29, 1.82) is 0 Å². The van der Waals surface area contributed by atoms with Crippen molar-refractivity contribution in [3.63, 3.8) is 0 Å². The molecule has 1 saturated heterocycles. The summed E-state index contributed by atoms with van der Waals surface area (Å²) < 4.78 is 16.2. The van der Waals surface area contributed by atoms with Crippen LogP contribution in [0.25, 0.3) is 0 Å². The predicted molar refractivity (Wildman–Crippen MR) is 104 cm³/mol. The Hall–Kier alpha value is -4.16. The maximum Gasteiger partial charge on any atom is 0.373 e. The number of hydrogen-bond acceptors (Lipinski definition) is 10. The molecule has 4 rings (SSSR count). The Morgan fingerprint density at radius 2 is 2.13 bits per heavy atom. The van der Waals surface area contributed by atoms with Crippen LogP contribution in [-0.2, 0) is 9.59 Å². The van der Waals surface area contributed by atoms with Crippen molar-refractivity contribution in [3.8, 4) is 23.1 Å². The van der Waals surface area contributed by atoms with Gasteiger partial charge in [-0.25, -0.2) is 4.98 Å². The van der Waals surface area contributed by atoms with Gasteiger partial charge in [0.05, 0.1) is 11.5 Å². The number of nitrogens with zero attached hydrogens (tertiary/aromatic N) is 4. The van der Waals surface area contributed by atoms with Crippen molar-refractivity contribution < 1.29 is 28.7 Å². The van der Waals surface area contributed by atoms with E-state index in [4.69, 9.17) is 19.9 Å². The van der Waals surface area contributed by atoms with E-state index < -0.39 is 28.5 Å². The second-order valence-electron chi connectivity index (χ2n) is 6.76. The van der Waals surface area contributed by atoms with E-state index in [1.807, 2.05) is 0 Å². The summed E-state index contributed by atoms with van der Waals surface area (Å²) in [5.74, 6) is -0.251. The SMILES string of the molecule is NC(=O)CNC(=O)C1CCCN1c1ncnc(Oc2ccc3c(c2)OCO3)c1[N+](=O)[O-]. The molecule has 2 aromatic rings. The van der Waals surface area contributed by atoms with E-state index in [2.05, 4.69) is 15.3 Å². The van der Waals surface area contributed by atoms with Gasteiger partial charge >= 0.3 is 11.6 Å². The molecule has 1 aromatic heterocycles. The largest absolute Gasteiger partial charge is 0.454 e. The molecule has 1 aromatic carbocycles. The minimum absolute atomic E-state index is 0.0486. The molecule has 1 atom stereocenters. The number of hydrogen-bond donors (Lipinski definition) is 2. The van der Waals surface area contributed by atoms with Crippen LogP contribution >= 0.6 is 0 Å². The fourth-order valence-electron chi connectivity index (χ4n) is 3.44. The molecule has 13 nitrogen and oxygen atoms in total. The van der Waals surface area contributed by atoms with Gasteiger partial charge in [0.15, 0.2) is 11.5 Å². The highest BCUT2D eigenvalue weighted by Gasteiger charge is 2.38. The van der Waals surface area contributed by atoms with Gasteiger partial charge in [-0.15, -0.1) is 0 Å². The Kier molecular flexibility index (Phi) is 5.39. The first kappa shape index (κ1) is 20.1. The number of nitrogens with two attached hydrogens (primary N) is 1. The van der Waals surface area contributed by atoms with E-state index in [0.717, 1.165) is 6.33 Å². The highest BCUT2D eigenvalue weighted by Crippen LogP contribution is 2.41. The number of nitrogens with one attached hydrogen (secondary N) is 1. The topological polar surface area (TPSA) is 172 Å². The molecule has 13 heteroatoms. The summed E-state index contributed by atoms with van der Waals surface area (Å²) in [5.41, 5.74) is 4.59. The maximum atomic E-state index is 12.5. The third-order valence-corrected chi connectivity index (χ3v) is 4.77. The number of primary amides is 1. The summed E-state index contributed by atoms with van der Waals surface area (Å²) in [7, 11) is 0. The predicted octanol–water partition coefficient (Wildman–Crippen LogP) is 0.476. The van der Waals surface area contributed by atoms with Crippen LogP contribution < -0.4 is 30.2 Å². The zero-order valence-corrected chi connectivity index (χ0v) is 16.1. The maximum absolute atomic E-state index is 12.5. The first-order chi connectivity index (χ1) is 14.9. The molecule has 2 aliphatic rings. The molecule has 31 heavy (non-hydrogen) atoms. The van der Waals surface area contributed by atoms with Gasteiger partial charge in [-0.05, 0) is 25.0 Å². The van der Waals surface area contributed by atoms with Crippen LogP contribution in [0.4, 0.5) is 11.5 Å². The average Bonchev–Trinajstić information content (AvgIpc) is 3.40. The summed E-state index contributed by atoms with van der Waals surface area (Å²) in [5, 5.41) is 14.3. The van der Waals surface area contributed by atoms with Crippen LogP contribution in [0.15, 0.2) is 24.5 Å². The van der Waals surface area contributed by atoms with Gasteiger partial charge in [-0.1, -0.05) is 0 Å². The molecule has 0 aliphatic carbocycles. The van der Waals surface area contributed by atoms with Crippen LogP contribution in [0.2, 0.25) is 0 Å². The normalized spacial score (nSPS) is 16.8. The van der Waals surface area contributed by atoms with E-state index in [-0.39, 0.29) is 30.8 Å². The van der Waals surface area contributed by atoms with Gasteiger partial charge in [0.1, 0.15) is 18.1 Å². The summed E-state index contributed by atoms with van der Waals surface area (Å²) in [6.45, 7) is 0.105. The molecule has 2 amide bonds. The Morgan fingerprint density at radius 3 is 2.90 bits per heavy atom. The Balaban J connectivity index is 1.63. The van der Waals surface area contributed by atoms with Crippen LogP contribution in [0.5, 0.6) is 23.1 Å². The van der Waals surface area contributed by atoms with Gasteiger partial charge in [-0.3, -0.25) is 19.7 Å². The number of rotatable bonds is 7. The number of ether oxygens (including phenoxy) is 3. The summed E-state index contributed by atoms with van der Waals surface area (Å²) >= 11 is 0. The second-order valence-corrected chi connectivity index (χ2v) is 6.76. The quantitative estimate of drug-likeness (QED) is 0.464. The third-order valence-electron chi connectivity index (χ3n) is 4.77. The van der Waals surface area contributed by atoms with Crippen molar-refractivity contribution in [2.45, 2.75) is 18.9 Å². The number of aromatic nitrogens is 2. The Labute approximate surface area is 175 Å². The van der Waals surface area contributed by atoms with Gasteiger partial charge < -0.3 is 30.2 Å². The third kappa shape index (κ3) is 4.10. The lowest BCUT2D eigenvalue weighted by molar-refractivity contribution is -0.385. The molecule has 1 fully saturated rings. The lowest BCUT2D eigenvalue weighted by Crippen LogP contribution is -2.46. The Bertz CT molecular complexity index is 1050. The number of amides is 2. The van der Waals surface area contributed by atoms with Crippen LogP contribution in [0.3, 0.4) is 0 Å². The molecule has 3 heterocycles. The fourth-order valence-corrected chi connectivity index (χ4v) is 3.44. The number of carbonyl (C=O) groups is 2. The minimum atomic E-state index is -0.744. The number of carbonyl (C=O) groups excluding carboxylic acids is 2. The molecule has 162 valence electrons. The van der Waals surface area contributed by atoms with Crippen molar-refractivity contribution in [3.05, 3.63) is 34.6 Å². The monoisotopic (exact) mass is 430 g/mol. The fraction of sp³-hybridized carbons (Fsp3) is 0.333. The van der Waals surface area contributed by atoms with Crippen LogP contribution in [0.1, 0.15) is 12.8 Å². The van der Waals surface area contributed by atoms with Gasteiger partial charge in [0.25, 0.3) is 0 Å². The summed E-state index contributed by atoms with van der Waals surface area (Å²) in [6, 6.07) is 3.97. The highest BCUT2D eigenvalue weighted by atomic mass is 16.7. The molecule has 2 aliphatic heterocycles. The number of nitro groups is 1. The highest BCUT2D eigenvalue weighted by molar-refractivity contribution is 5.89. The van der Waals surface area contributed by atoms with Crippen molar-refractivity contribution >= 4 is 23.3 Å². The van der Waals surface area contributed by atoms with E-state index in [9.17, 15) is 19.7 Å². The molecule has 0 spiro atoms. The number of anilines is 1. The molecular formula is C18H18N6O7. The van der Waals surface area contributed by atoms with E-state index >= 15 is 0 Å². The summed E-state index contributed by atoms with van der Waals surface area (Å²) in [6.07, 6.45) is 2.17. The van der Waals surface area contributed by atoms with Gasteiger partial charge in [-0.2, -0.15) is 4.98 Å². The molecule has 0 saturated carbocycles. The minimum Gasteiger partial charge on any atom is -0.454 e. The molecule has 3 N–H and O–H groups in total. The zero-order valence-electron chi connectivity index (χ0n) is 16.1. The molecule has 0 radical (unpaired) electrons. The van der Waals surface area contributed by atoms with E-state index in [0.29, 0.717) is 30.9 Å². The average molecular weight is 430 g/mol. The van der Waals surface area contributed by atoms with Gasteiger partial charge in [0.2, 0.25) is 24.4 Å². The first-order valence-electron chi connectivity index (χ1n) is 9.33. The van der Waals surface area contributed by atoms with Crippen LogP contribution in [-0.4, -0.2) is 52.6 Å². The Morgan fingerprint density at radius 1 is 1.32 bits per heavy atom. The van der Waals surface area contributed by atoms with Crippen molar-refractivity contribution in [1.82, 2.24) is 15.3 Å². The van der Waals surface area contributed by atoms with E-state index in [1.165, 1.54) is 11.0 Å². The zero-order chi connectivity index (χ0) is 22.0. The smallest absolute Gasteiger partial charge is 0.373 e. The van der Waals surface area contributed by atoms with Crippen molar-refractivity contribution in [2.24, 2.45) is 5.73 Å². The summed E-state index contributed by atoms with van der Waals surface area (Å²) in [4.78, 5) is 44.1. The second kappa shape index (κ2) is 8.30. The number of fused-ring (bicyclic) bond motifs is 1. The lowest BCUT2D eigenvalue weighted by atomic mass is 10.2. The first-order valence-corrected chi connectivity index (χ1v) is 9.33.